The molecule has 0 aliphatic carbocycles. The number of hydrogen-bond acceptors (Lipinski definition) is 3. The maximum absolute atomic E-state index is 4.11. The van der Waals surface area contributed by atoms with Crippen molar-refractivity contribution in [1.29, 1.82) is 0 Å². The van der Waals surface area contributed by atoms with Crippen LogP contribution in [0, 0.1) is 17.8 Å². The van der Waals surface area contributed by atoms with Crippen LogP contribution in [0.25, 0.3) is 0 Å². The zero-order valence-corrected chi connectivity index (χ0v) is 8.28. The van der Waals surface area contributed by atoms with Crippen LogP contribution in [-0.2, 0) is 0 Å². The summed E-state index contributed by atoms with van der Waals surface area (Å²) in [5, 5.41) is 11.8. The third-order valence-corrected chi connectivity index (χ3v) is 2.28. The maximum atomic E-state index is 4.11. The van der Waals surface area contributed by atoms with Crippen LogP contribution in [0.15, 0.2) is 15.4 Å². The summed E-state index contributed by atoms with van der Waals surface area (Å²) in [6.45, 7) is 9.56. The monoisotopic (exact) mass is 167 g/mol. The number of rotatable bonds is 2. The van der Waals surface area contributed by atoms with E-state index in [1.165, 1.54) is 5.71 Å². The normalized spacial score (nSPS) is 23.5. The summed E-state index contributed by atoms with van der Waals surface area (Å²) in [5.74, 6) is 1.62. The van der Waals surface area contributed by atoms with Gasteiger partial charge in [-0.05, 0) is 17.1 Å². The third kappa shape index (κ3) is 1.90. The topological polar surface area (TPSA) is 37.1 Å². The lowest BCUT2D eigenvalue weighted by Gasteiger charge is -2.24. The summed E-state index contributed by atoms with van der Waals surface area (Å²) >= 11 is 0. The summed E-state index contributed by atoms with van der Waals surface area (Å²) in [7, 11) is 0. The number of nitrogens with zero attached hydrogens (tertiary/aromatic N) is 3. The zero-order valence-electron chi connectivity index (χ0n) is 8.28. The average molecular weight is 167 g/mol. The van der Waals surface area contributed by atoms with Gasteiger partial charge in [0.2, 0.25) is 0 Å². The molecule has 0 bridgehead atoms. The van der Waals surface area contributed by atoms with Crippen LogP contribution in [-0.4, -0.2) is 12.3 Å². The summed E-state index contributed by atoms with van der Waals surface area (Å²) in [5.41, 5.74) is 1.21. The smallest absolute Gasteiger partial charge is 0.0704 e. The predicted molar refractivity (Wildman–Crippen MR) is 50.3 cm³/mol. The lowest BCUT2D eigenvalue weighted by molar-refractivity contribution is 0.465. The Morgan fingerprint density at radius 1 is 1.25 bits per heavy atom. The van der Waals surface area contributed by atoms with E-state index in [2.05, 4.69) is 43.1 Å². The van der Waals surface area contributed by atoms with Gasteiger partial charge in [0.15, 0.2) is 0 Å². The quantitative estimate of drug-likeness (QED) is 0.606. The molecule has 3 heteroatoms. The van der Waals surface area contributed by atoms with E-state index in [-0.39, 0.29) is 0 Å². The van der Waals surface area contributed by atoms with Crippen molar-refractivity contribution in [2.45, 2.75) is 27.7 Å². The minimum absolute atomic E-state index is 0.497. The van der Waals surface area contributed by atoms with Crippen LogP contribution >= 0.6 is 0 Å². The molecule has 1 heterocycles. The van der Waals surface area contributed by atoms with Gasteiger partial charge >= 0.3 is 0 Å². The molecule has 1 unspecified atom stereocenters. The van der Waals surface area contributed by atoms with Gasteiger partial charge in [-0.25, -0.2) is 0 Å². The highest BCUT2D eigenvalue weighted by molar-refractivity contribution is 5.89. The van der Waals surface area contributed by atoms with Crippen LogP contribution in [0.1, 0.15) is 27.7 Å². The molecule has 0 fully saturated rings. The molecule has 68 valence electrons. The molecule has 0 saturated carbocycles. The first kappa shape index (κ1) is 9.36. The molecule has 0 aromatic rings. The Kier molecular flexibility index (Phi) is 2.95. The molecule has 1 aliphatic rings. The SMILES string of the molecule is CC(C)C1=NN=NCC1C(C)C. The van der Waals surface area contributed by atoms with E-state index in [9.17, 15) is 0 Å². The molecule has 12 heavy (non-hydrogen) atoms. The second-order valence-electron chi connectivity index (χ2n) is 3.94. The Labute approximate surface area is 74.0 Å². The lowest BCUT2D eigenvalue weighted by Crippen LogP contribution is -2.28. The molecule has 0 N–H and O–H groups in total. The summed E-state index contributed by atoms with van der Waals surface area (Å²) in [6.07, 6.45) is 0. The molecule has 0 aromatic carbocycles. The Morgan fingerprint density at radius 3 is 2.33 bits per heavy atom. The molecule has 1 atom stereocenters. The zero-order chi connectivity index (χ0) is 9.14. The fourth-order valence-electron chi connectivity index (χ4n) is 1.47. The molecular weight excluding hydrogens is 150 g/mol. The van der Waals surface area contributed by atoms with Gasteiger partial charge in [-0.1, -0.05) is 27.7 Å². The van der Waals surface area contributed by atoms with Crippen molar-refractivity contribution in [2.75, 3.05) is 6.54 Å². The highest BCUT2D eigenvalue weighted by Gasteiger charge is 2.24. The Bertz CT molecular complexity index is 204. The molecule has 0 amide bonds. The van der Waals surface area contributed by atoms with Crippen LogP contribution in [0.4, 0.5) is 0 Å². The van der Waals surface area contributed by atoms with Crippen LogP contribution in [0.5, 0.6) is 0 Å². The second kappa shape index (κ2) is 3.78. The van der Waals surface area contributed by atoms with Crippen molar-refractivity contribution in [3.05, 3.63) is 0 Å². The second-order valence-corrected chi connectivity index (χ2v) is 3.94. The summed E-state index contributed by atoms with van der Waals surface area (Å²) in [6, 6.07) is 0. The Morgan fingerprint density at radius 2 is 1.92 bits per heavy atom. The first-order valence-corrected chi connectivity index (χ1v) is 4.57. The summed E-state index contributed by atoms with van der Waals surface area (Å²) in [4.78, 5) is 0. The molecule has 0 saturated heterocycles. The molecule has 3 nitrogen and oxygen atoms in total. The van der Waals surface area contributed by atoms with Crippen molar-refractivity contribution in [3.8, 4) is 0 Å². The van der Waals surface area contributed by atoms with E-state index in [4.69, 9.17) is 0 Å². The van der Waals surface area contributed by atoms with E-state index >= 15 is 0 Å². The number of hydrogen-bond donors (Lipinski definition) is 0. The van der Waals surface area contributed by atoms with Crippen molar-refractivity contribution >= 4 is 5.71 Å². The largest absolute Gasteiger partial charge is 0.168 e. The fourth-order valence-corrected chi connectivity index (χ4v) is 1.47. The van der Waals surface area contributed by atoms with Gasteiger partial charge in [0.1, 0.15) is 0 Å². The van der Waals surface area contributed by atoms with Gasteiger partial charge in [-0.15, -0.1) is 5.10 Å². The van der Waals surface area contributed by atoms with E-state index in [0.717, 1.165) is 6.54 Å². The van der Waals surface area contributed by atoms with Crippen LogP contribution < -0.4 is 0 Å². The van der Waals surface area contributed by atoms with E-state index in [1.807, 2.05) is 0 Å². The Balaban J connectivity index is 2.77. The van der Waals surface area contributed by atoms with Crippen molar-refractivity contribution in [3.63, 3.8) is 0 Å². The molecule has 0 spiro atoms. The van der Waals surface area contributed by atoms with Gasteiger partial charge in [-0.3, -0.25) is 0 Å². The molecule has 0 radical (unpaired) electrons. The molecule has 0 aromatic heterocycles. The maximum Gasteiger partial charge on any atom is 0.0704 e. The van der Waals surface area contributed by atoms with Gasteiger partial charge in [-0.2, -0.15) is 5.11 Å². The van der Waals surface area contributed by atoms with Gasteiger partial charge < -0.3 is 0 Å². The van der Waals surface area contributed by atoms with E-state index in [0.29, 0.717) is 17.8 Å². The third-order valence-electron chi connectivity index (χ3n) is 2.28. The van der Waals surface area contributed by atoms with Crippen molar-refractivity contribution in [2.24, 2.45) is 33.2 Å². The highest BCUT2D eigenvalue weighted by atomic mass is 15.4. The molecular formula is C9H17N3. The van der Waals surface area contributed by atoms with Gasteiger partial charge in [0.25, 0.3) is 0 Å². The van der Waals surface area contributed by atoms with Gasteiger partial charge in [0.05, 0.1) is 12.3 Å². The Hall–Kier alpha value is -0.730. The van der Waals surface area contributed by atoms with Crippen molar-refractivity contribution in [1.82, 2.24) is 0 Å². The first-order valence-electron chi connectivity index (χ1n) is 4.57. The van der Waals surface area contributed by atoms with E-state index < -0.39 is 0 Å². The fraction of sp³-hybridized carbons (Fsp3) is 0.889. The standard InChI is InChI=1S/C9H17N3/c1-6(2)8-5-10-12-11-9(8)7(3)4/h6-8H,5H2,1-4H3. The predicted octanol–water partition coefficient (Wildman–Crippen LogP) is 2.74. The minimum atomic E-state index is 0.497. The molecule has 1 aliphatic heterocycles. The molecule has 1 rings (SSSR count). The average Bonchev–Trinajstić information content (AvgIpc) is 2.04. The first-order chi connectivity index (χ1) is 5.63. The highest BCUT2D eigenvalue weighted by Crippen LogP contribution is 2.21. The van der Waals surface area contributed by atoms with E-state index in [1.54, 1.807) is 0 Å². The van der Waals surface area contributed by atoms with Crippen molar-refractivity contribution < 1.29 is 0 Å². The van der Waals surface area contributed by atoms with Crippen LogP contribution in [0.3, 0.4) is 0 Å². The van der Waals surface area contributed by atoms with Gasteiger partial charge in [0, 0.05) is 5.92 Å². The minimum Gasteiger partial charge on any atom is -0.168 e. The summed E-state index contributed by atoms with van der Waals surface area (Å²) < 4.78 is 0. The van der Waals surface area contributed by atoms with Crippen LogP contribution in [0.2, 0.25) is 0 Å². The lowest BCUT2D eigenvalue weighted by atomic mass is 9.85.